The molecule has 0 unspecified atom stereocenters. The van der Waals surface area contributed by atoms with Gasteiger partial charge in [0.25, 0.3) is 11.8 Å². The number of barbiturate groups is 1. The lowest BCUT2D eigenvalue weighted by molar-refractivity contribution is -0.129. The normalized spacial score (nSPS) is 14.7. The average Bonchev–Trinajstić information content (AvgIpc) is 2.88. The lowest BCUT2D eigenvalue weighted by Crippen LogP contribution is -2.54. The summed E-state index contributed by atoms with van der Waals surface area (Å²) in [5.74, 6) is -3.17. The summed E-state index contributed by atoms with van der Waals surface area (Å²) in [6.45, 7) is 0. The molecule has 3 aromatic carbocycles. The van der Waals surface area contributed by atoms with E-state index in [-0.39, 0.29) is 17.2 Å². The van der Waals surface area contributed by atoms with Crippen LogP contribution in [-0.4, -0.2) is 30.9 Å². The van der Waals surface area contributed by atoms with E-state index in [4.69, 9.17) is 21.1 Å². The number of amides is 4. The van der Waals surface area contributed by atoms with Gasteiger partial charge in [-0.2, -0.15) is 0 Å². The Balaban J connectivity index is 1.56. The van der Waals surface area contributed by atoms with Crippen molar-refractivity contribution >= 4 is 53.3 Å². The van der Waals surface area contributed by atoms with Crippen molar-refractivity contribution in [2.45, 2.75) is 0 Å². The minimum absolute atomic E-state index is 0.0954. The molecular weight excluding hydrogens is 503 g/mol. The highest BCUT2D eigenvalue weighted by Crippen LogP contribution is 2.30. The molecule has 1 heterocycles. The van der Waals surface area contributed by atoms with Gasteiger partial charge in [0.15, 0.2) is 11.5 Å². The molecule has 1 aliphatic heterocycles. The largest absolute Gasteiger partial charge is 0.493 e. The molecule has 186 valence electrons. The zero-order valence-corrected chi connectivity index (χ0v) is 20.0. The molecule has 37 heavy (non-hydrogen) atoms. The number of para-hydroxylation sites is 1. The number of nitrogens with zero attached hydrogens (tertiary/aromatic N) is 1. The third-order valence-electron chi connectivity index (χ3n) is 5.19. The van der Waals surface area contributed by atoms with Gasteiger partial charge in [-0.05, 0) is 59.7 Å². The van der Waals surface area contributed by atoms with Crippen molar-refractivity contribution in [2.24, 2.45) is 0 Å². The summed E-state index contributed by atoms with van der Waals surface area (Å²) in [5.41, 5.74) is 0.374. The van der Waals surface area contributed by atoms with Gasteiger partial charge in [-0.25, -0.2) is 18.9 Å². The average molecular weight is 521 g/mol. The van der Waals surface area contributed by atoms with Crippen molar-refractivity contribution < 1.29 is 33.0 Å². The van der Waals surface area contributed by atoms with Crippen LogP contribution < -0.4 is 19.7 Å². The standard InChI is InChI=1S/C27H18ClFN2O6/c1-36-23-15-17(8-12-22(23)37-24(32)13-9-16-6-10-18(28)11-7-16)14-19-25(33)30-27(35)31(26(19)34)21-5-3-2-4-20(21)29/h2-15H,1H3,(H,30,33,35)/b13-9+,19-14+. The number of benzene rings is 3. The molecule has 10 heteroatoms. The number of urea groups is 1. The Morgan fingerprint density at radius 1 is 0.973 bits per heavy atom. The van der Waals surface area contributed by atoms with Crippen LogP contribution in [0.3, 0.4) is 0 Å². The van der Waals surface area contributed by atoms with Gasteiger partial charge >= 0.3 is 12.0 Å². The predicted molar refractivity (Wildman–Crippen MR) is 135 cm³/mol. The van der Waals surface area contributed by atoms with Gasteiger partial charge in [0.2, 0.25) is 0 Å². The predicted octanol–water partition coefficient (Wildman–Crippen LogP) is 4.77. The SMILES string of the molecule is COc1cc(/C=C2\C(=O)NC(=O)N(c3ccccc3F)C2=O)ccc1OC(=O)/C=C/c1ccc(Cl)cc1. The van der Waals surface area contributed by atoms with Gasteiger partial charge in [0.1, 0.15) is 11.4 Å². The van der Waals surface area contributed by atoms with Crippen LogP contribution in [0.4, 0.5) is 14.9 Å². The molecule has 1 aliphatic rings. The van der Waals surface area contributed by atoms with Crippen molar-refractivity contribution in [3.05, 3.63) is 100 Å². The van der Waals surface area contributed by atoms with Gasteiger partial charge in [-0.1, -0.05) is 41.9 Å². The van der Waals surface area contributed by atoms with E-state index in [0.717, 1.165) is 11.6 Å². The number of nitrogens with one attached hydrogen (secondary N) is 1. The quantitative estimate of drug-likeness (QED) is 0.217. The third-order valence-corrected chi connectivity index (χ3v) is 5.44. The van der Waals surface area contributed by atoms with E-state index in [1.165, 1.54) is 55.7 Å². The van der Waals surface area contributed by atoms with Gasteiger partial charge < -0.3 is 9.47 Å². The molecule has 8 nitrogen and oxygen atoms in total. The van der Waals surface area contributed by atoms with Gasteiger partial charge in [-0.3, -0.25) is 14.9 Å². The van der Waals surface area contributed by atoms with Crippen molar-refractivity contribution in [1.29, 1.82) is 0 Å². The number of methoxy groups -OCH3 is 1. The maximum Gasteiger partial charge on any atom is 0.336 e. The topological polar surface area (TPSA) is 102 Å². The Hall–Kier alpha value is -4.76. The van der Waals surface area contributed by atoms with Crippen LogP contribution in [-0.2, 0) is 14.4 Å². The highest BCUT2D eigenvalue weighted by molar-refractivity contribution is 6.39. The van der Waals surface area contributed by atoms with Gasteiger partial charge in [0.05, 0.1) is 12.8 Å². The summed E-state index contributed by atoms with van der Waals surface area (Å²) in [5, 5.41) is 2.60. The number of rotatable bonds is 6. The highest BCUT2D eigenvalue weighted by atomic mass is 35.5. The van der Waals surface area contributed by atoms with Crippen LogP contribution >= 0.6 is 11.6 Å². The second-order valence-electron chi connectivity index (χ2n) is 7.63. The van der Waals surface area contributed by atoms with E-state index in [1.807, 2.05) is 5.32 Å². The summed E-state index contributed by atoms with van der Waals surface area (Å²) in [7, 11) is 1.35. The Labute approximate surface area is 215 Å². The van der Waals surface area contributed by atoms with Gasteiger partial charge in [-0.15, -0.1) is 0 Å². The Kier molecular flexibility index (Phi) is 7.45. The molecule has 0 aliphatic carbocycles. The molecule has 0 radical (unpaired) electrons. The molecule has 0 saturated carbocycles. The number of halogens is 2. The number of hydrogen-bond acceptors (Lipinski definition) is 6. The summed E-state index contributed by atoms with van der Waals surface area (Å²) >= 11 is 5.85. The number of anilines is 1. The minimum atomic E-state index is -1.07. The first-order valence-electron chi connectivity index (χ1n) is 10.8. The molecule has 1 N–H and O–H groups in total. The van der Waals surface area contributed by atoms with E-state index in [0.29, 0.717) is 15.5 Å². The van der Waals surface area contributed by atoms with E-state index >= 15 is 0 Å². The van der Waals surface area contributed by atoms with Crippen LogP contribution in [0.1, 0.15) is 11.1 Å². The first-order valence-corrected chi connectivity index (χ1v) is 11.1. The number of imide groups is 2. The molecule has 0 spiro atoms. The molecular formula is C27H18ClFN2O6. The third kappa shape index (κ3) is 5.74. The van der Waals surface area contributed by atoms with Crippen molar-refractivity contribution in [3.8, 4) is 11.5 Å². The van der Waals surface area contributed by atoms with Crippen molar-refractivity contribution in [3.63, 3.8) is 0 Å². The monoisotopic (exact) mass is 520 g/mol. The fourth-order valence-corrected chi connectivity index (χ4v) is 3.54. The number of carbonyl (C=O) groups excluding carboxylic acids is 4. The number of hydrogen-bond donors (Lipinski definition) is 1. The van der Waals surface area contributed by atoms with Crippen LogP contribution in [0.15, 0.2) is 78.4 Å². The van der Waals surface area contributed by atoms with Crippen LogP contribution in [0.25, 0.3) is 12.2 Å². The van der Waals surface area contributed by atoms with E-state index in [2.05, 4.69) is 0 Å². The molecule has 1 fully saturated rings. The van der Waals surface area contributed by atoms with E-state index in [1.54, 1.807) is 30.3 Å². The fourth-order valence-electron chi connectivity index (χ4n) is 3.41. The molecule has 4 amide bonds. The molecule has 0 aromatic heterocycles. The van der Waals surface area contributed by atoms with Crippen LogP contribution in [0.5, 0.6) is 11.5 Å². The zero-order chi connectivity index (χ0) is 26.5. The fraction of sp³-hybridized carbons (Fsp3) is 0.0370. The maximum absolute atomic E-state index is 14.2. The number of esters is 1. The second-order valence-corrected chi connectivity index (χ2v) is 8.06. The summed E-state index contributed by atoms with van der Waals surface area (Å²) in [4.78, 5) is 50.5. The summed E-state index contributed by atoms with van der Waals surface area (Å²) < 4.78 is 24.9. The van der Waals surface area contributed by atoms with E-state index < -0.39 is 35.2 Å². The van der Waals surface area contributed by atoms with Gasteiger partial charge in [0, 0.05) is 11.1 Å². The van der Waals surface area contributed by atoms with Crippen LogP contribution in [0, 0.1) is 5.82 Å². The first kappa shape index (κ1) is 25.3. The smallest absolute Gasteiger partial charge is 0.336 e. The maximum atomic E-state index is 14.2. The zero-order valence-electron chi connectivity index (χ0n) is 19.2. The molecule has 0 atom stereocenters. The Morgan fingerprint density at radius 2 is 1.68 bits per heavy atom. The van der Waals surface area contributed by atoms with E-state index in [9.17, 15) is 23.6 Å². The molecule has 0 bridgehead atoms. The Bertz CT molecular complexity index is 1470. The first-order chi connectivity index (χ1) is 17.8. The second kappa shape index (κ2) is 10.9. The molecule has 4 rings (SSSR count). The number of carbonyl (C=O) groups is 4. The van der Waals surface area contributed by atoms with Crippen molar-refractivity contribution in [2.75, 3.05) is 12.0 Å². The highest BCUT2D eigenvalue weighted by Gasteiger charge is 2.38. The molecule has 1 saturated heterocycles. The lowest BCUT2D eigenvalue weighted by atomic mass is 10.1. The number of ether oxygens (including phenoxy) is 2. The van der Waals surface area contributed by atoms with Crippen molar-refractivity contribution in [1.82, 2.24) is 5.32 Å². The summed E-state index contributed by atoms with van der Waals surface area (Å²) in [6, 6.07) is 15.3. The van der Waals surface area contributed by atoms with Crippen LogP contribution in [0.2, 0.25) is 5.02 Å². The lowest BCUT2D eigenvalue weighted by Gasteiger charge is -2.26. The Morgan fingerprint density at radius 3 is 2.38 bits per heavy atom. The summed E-state index contributed by atoms with van der Waals surface area (Å²) in [6.07, 6.45) is 4.00. The minimum Gasteiger partial charge on any atom is -0.493 e. The molecule has 3 aromatic rings.